The molecular weight excluding hydrogens is 234 g/mol. The van der Waals surface area contributed by atoms with Crippen LogP contribution < -0.4 is 0 Å². The summed E-state index contributed by atoms with van der Waals surface area (Å²) in [6.07, 6.45) is -8.08. The Bertz CT molecular complexity index is 343. The largest absolute Gasteiger partial charge is 0.412 e. The fourth-order valence-corrected chi connectivity index (χ4v) is 1.41. The highest BCUT2D eigenvalue weighted by molar-refractivity contribution is 5.31. The molecule has 0 aromatic heterocycles. The van der Waals surface area contributed by atoms with Crippen LogP contribution in [0.1, 0.15) is 6.42 Å². The average Bonchev–Trinajstić information content (AvgIpc) is 2.15. The lowest BCUT2D eigenvalue weighted by Gasteiger charge is -2.33. The monoisotopic (exact) mass is 242 g/mol. The van der Waals surface area contributed by atoms with Gasteiger partial charge in [-0.2, -0.15) is 26.3 Å². The molecule has 0 N–H and O–H groups in total. The Balaban J connectivity index is 3.11. The van der Waals surface area contributed by atoms with Crippen LogP contribution in [-0.2, 0) is 0 Å². The third-order valence-electron chi connectivity index (χ3n) is 2.43. The molecule has 0 amide bonds. The number of hydrogen-bond acceptors (Lipinski definition) is 0. The van der Waals surface area contributed by atoms with E-state index in [0.717, 1.165) is 6.08 Å². The van der Waals surface area contributed by atoms with Crippen LogP contribution >= 0.6 is 0 Å². The number of allylic oxidation sites excluding steroid dienone is 5. The third kappa shape index (κ3) is 2.15. The van der Waals surface area contributed by atoms with Gasteiger partial charge in [-0.25, -0.2) is 0 Å². The van der Waals surface area contributed by atoms with Crippen molar-refractivity contribution in [1.82, 2.24) is 0 Å². The maximum absolute atomic E-state index is 12.6. The van der Waals surface area contributed by atoms with E-state index in [-0.39, 0.29) is 0 Å². The van der Waals surface area contributed by atoms with Gasteiger partial charge in [-0.3, -0.25) is 0 Å². The van der Waals surface area contributed by atoms with E-state index in [1.54, 1.807) is 0 Å². The fourth-order valence-electron chi connectivity index (χ4n) is 1.41. The molecule has 1 atom stereocenters. The third-order valence-corrected chi connectivity index (χ3v) is 2.43. The van der Waals surface area contributed by atoms with Gasteiger partial charge in [-0.15, -0.1) is 6.58 Å². The minimum Gasteiger partial charge on any atom is -0.170 e. The Labute approximate surface area is 87.9 Å². The maximum Gasteiger partial charge on any atom is 0.412 e. The first-order valence-corrected chi connectivity index (χ1v) is 4.28. The van der Waals surface area contributed by atoms with E-state index >= 15 is 0 Å². The second-order valence-electron chi connectivity index (χ2n) is 3.47. The SMILES string of the molecule is C=CC1(C(F)(F)F)C=CC=C(C(F)(F)F)C1. The van der Waals surface area contributed by atoms with Crippen LogP contribution in [0, 0.1) is 5.41 Å². The van der Waals surface area contributed by atoms with Crippen molar-refractivity contribution < 1.29 is 26.3 Å². The van der Waals surface area contributed by atoms with Crippen molar-refractivity contribution in [2.45, 2.75) is 18.8 Å². The molecule has 1 rings (SSSR count). The summed E-state index contributed by atoms with van der Waals surface area (Å²) in [6.45, 7) is 2.97. The van der Waals surface area contributed by atoms with Gasteiger partial charge in [-0.1, -0.05) is 24.3 Å². The summed E-state index contributed by atoms with van der Waals surface area (Å²) in [5, 5.41) is 0. The molecule has 1 unspecified atom stereocenters. The molecule has 0 aliphatic heterocycles. The molecule has 0 nitrogen and oxygen atoms in total. The summed E-state index contributed by atoms with van der Waals surface area (Å²) in [5.41, 5.74) is -3.82. The van der Waals surface area contributed by atoms with Gasteiger partial charge < -0.3 is 0 Å². The van der Waals surface area contributed by atoms with Crippen LogP contribution in [0.3, 0.4) is 0 Å². The van der Waals surface area contributed by atoms with Crippen LogP contribution in [0.4, 0.5) is 26.3 Å². The molecule has 6 heteroatoms. The topological polar surface area (TPSA) is 0 Å². The zero-order chi connectivity index (χ0) is 12.6. The highest BCUT2D eigenvalue weighted by Crippen LogP contribution is 2.49. The van der Waals surface area contributed by atoms with E-state index in [2.05, 4.69) is 6.58 Å². The fraction of sp³-hybridized carbons (Fsp3) is 0.400. The highest BCUT2D eigenvalue weighted by atomic mass is 19.4. The molecular formula is C10H8F6. The smallest absolute Gasteiger partial charge is 0.170 e. The lowest BCUT2D eigenvalue weighted by molar-refractivity contribution is -0.193. The van der Waals surface area contributed by atoms with Crippen LogP contribution in [0.15, 0.2) is 36.5 Å². The van der Waals surface area contributed by atoms with Crippen molar-refractivity contribution in [3.05, 3.63) is 36.5 Å². The van der Waals surface area contributed by atoms with E-state index in [9.17, 15) is 26.3 Å². The quantitative estimate of drug-likeness (QED) is 0.478. The second-order valence-corrected chi connectivity index (χ2v) is 3.47. The zero-order valence-electron chi connectivity index (χ0n) is 7.99. The van der Waals surface area contributed by atoms with Crippen molar-refractivity contribution in [2.24, 2.45) is 5.41 Å². The molecule has 0 spiro atoms. The van der Waals surface area contributed by atoms with E-state index in [1.807, 2.05) is 0 Å². The molecule has 0 fully saturated rings. The molecule has 90 valence electrons. The van der Waals surface area contributed by atoms with E-state index in [0.29, 0.717) is 18.2 Å². The van der Waals surface area contributed by atoms with Gasteiger partial charge in [0.1, 0.15) is 5.41 Å². The van der Waals surface area contributed by atoms with Crippen molar-refractivity contribution in [2.75, 3.05) is 0 Å². The molecule has 1 aliphatic rings. The Hall–Kier alpha value is -1.20. The number of halogens is 6. The first-order chi connectivity index (χ1) is 7.12. The molecule has 1 aliphatic carbocycles. The number of alkyl halides is 6. The Morgan fingerprint density at radius 2 is 1.75 bits per heavy atom. The Kier molecular flexibility index (Phi) is 2.96. The van der Waals surface area contributed by atoms with Gasteiger partial charge in [0.25, 0.3) is 0 Å². The van der Waals surface area contributed by atoms with Crippen LogP contribution in [-0.4, -0.2) is 12.4 Å². The second kappa shape index (κ2) is 3.68. The molecule has 0 aromatic carbocycles. The first-order valence-electron chi connectivity index (χ1n) is 4.28. The van der Waals surface area contributed by atoms with Gasteiger partial charge in [0, 0.05) is 5.57 Å². The zero-order valence-corrected chi connectivity index (χ0v) is 7.99. The molecule has 0 saturated heterocycles. The summed E-state index contributed by atoms with van der Waals surface area (Å²) in [5.74, 6) is 0. The summed E-state index contributed by atoms with van der Waals surface area (Å²) >= 11 is 0. The van der Waals surface area contributed by atoms with Gasteiger partial charge in [-0.05, 0) is 6.42 Å². The van der Waals surface area contributed by atoms with Gasteiger partial charge in [0.2, 0.25) is 0 Å². The lowest BCUT2D eigenvalue weighted by atomic mass is 9.77. The van der Waals surface area contributed by atoms with Crippen molar-refractivity contribution >= 4 is 0 Å². The number of hydrogen-bond donors (Lipinski definition) is 0. The van der Waals surface area contributed by atoms with Gasteiger partial charge in [0.05, 0.1) is 0 Å². The molecule has 0 saturated carbocycles. The summed E-state index contributed by atoms with van der Waals surface area (Å²) in [4.78, 5) is 0. The van der Waals surface area contributed by atoms with Crippen molar-refractivity contribution in [3.63, 3.8) is 0 Å². The molecule has 0 bridgehead atoms. The van der Waals surface area contributed by atoms with Crippen LogP contribution in [0.5, 0.6) is 0 Å². The molecule has 16 heavy (non-hydrogen) atoms. The van der Waals surface area contributed by atoms with Crippen LogP contribution in [0.25, 0.3) is 0 Å². The van der Waals surface area contributed by atoms with Crippen molar-refractivity contribution in [1.29, 1.82) is 0 Å². The van der Waals surface area contributed by atoms with Crippen molar-refractivity contribution in [3.8, 4) is 0 Å². The molecule has 0 aromatic rings. The normalized spacial score (nSPS) is 26.5. The lowest BCUT2D eigenvalue weighted by Crippen LogP contribution is -2.37. The van der Waals surface area contributed by atoms with Gasteiger partial charge in [0.15, 0.2) is 0 Å². The van der Waals surface area contributed by atoms with E-state index in [4.69, 9.17) is 0 Å². The molecule has 0 heterocycles. The Morgan fingerprint density at radius 1 is 1.19 bits per heavy atom. The number of rotatable bonds is 1. The molecule has 0 radical (unpaired) electrons. The predicted molar refractivity (Wildman–Crippen MR) is 46.6 cm³/mol. The average molecular weight is 242 g/mol. The van der Waals surface area contributed by atoms with Gasteiger partial charge >= 0.3 is 12.4 Å². The maximum atomic E-state index is 12.6. The summed E-state index contributed by atoms with van der Waals surface area (Å²) in [6, 6.07) is 0. The summed E-state index contributed by atoms with van der Waals surface area (Å²) < 4.78 is 74.8. The first kappa shape index (κ1) is 12.9. The minimum atomic E-state index is -4.78. The van der Waals surface area contributed by atoms with Crippen LogP contribution in [0.2, 0.25) is 0 Å². The Morgan fingerprint density at radius 3 is 2.12 bits per heavy atom. The highest BCUT2D eigenvalue weighted by Gasteiger charge is 2.54. The standard InChI is InChI=1S/C10H8F6/c1-2-8(10(14,15)16)5-3-4-7(6-8)9(11,12)13/h2-5H,1,6H2. The summed E-state index contributed by atoms with van der Waals surface area (Å²) in [7, 11) is 0. The van der Waals surface area contributed by atoms with E-state index < -0.39 is 29.8 Å². The van der Waals surface area contributed by atoms with E-state index in [1.165, 1.54) is 0 Å². The minimum absolute atomic E-state index is 0.502. The predicted octanol–water partition coefficient (Wildman–Crippen LogP) is 4.17.